The Bertz CT molecular complexity index is 585. The lowest BCUT2D eigenvalue weighted by Crippen LogP contribution is -2.44. The molecule has 21 heavy (non-hydrogen) atoms. The van der Waals surface area contributed by atoms with Gasteiger partial charge in [0.25, 0.3) is 0 Å². The number of morpholine rings is 1. The number of ether oxygens (including phenoxy) is 2. The molecule has 0 N–H and O–H groups in total. The maximum absolute atomic E-state index is 12.4. The minimum Gasteiger partial charge on any atom is -0.410 e. The zero-order valence-electron chi connectivity index (χ0n) is 11.6. The molecule has 2 aromatic rings. The Kier molecular flexibility index (Phi) is 4.17. The number of carbonyl (C=O) groups is 1. The first-order valence-corrected chi connectivity index (χ1v) is 7.01. The molecule has 4 heteroatoms. The molecule has 1 saturated heterocycles. The maximum atomic E-state index is 12.4. The van der Waals surface area contributed by atoms with Gasteiger partial charge in [0, 0.05) is 6.54 Å². The second-order valence-electron chi connectivity index (χ2n) is 4.88. The third kappa shape index (κ3) is 3.23. The summed E-state index contributed by atoms with van der Waals surface area (Å²) in [6.07, 6.45) is -0.335. The summed E-state index contributed by atoms with van der Waals surface area (Å²) in [5.74, 6) is 0.556. The second-order valence-corrected chi connectivity index (χ2v) is 4.88. The first kappa shape index (κ1) is 13.6. The average Bonchev–Trinajstić information content (AvgIpc) is 2.56. The molecule has 1 aliphatic heterocycles. The van der Waals surface area contributed by atoms with Crippen LogP contribution in [-0.2, 0) is 4.74 Å². The van der Waals surface area contributed by atoms with Crippen molar-refractivity contribution in [3.8, 4) is 5.75 Å². The molecule has 0 saturated carbocycles. The molecule has 108 valence electrons. The molecule has 0 aromatic heterocycles. The van der Waals surface area contributed by atoms with E-state index in [9.17, 15) is 4.79 Å². The summed E-state index contributed by atoms with van der Waals surface area (Å²) < 4.78 is 11.0. The number of hydrogen-bond donors (Lipinski definition) is 0. The standard InChI is InChI=1S/C17H17NO3/c19-17(21-15-9-5-2-6-10-15)18-11-12-20-13-16(18)14-7-3-1-4-8-14/h1-10,16H,11-13H2. The van der Waals surface area contributed by atoms with Crippen molar-refractivity contribution >= 4 is 6.09 Å². The fourth-order valence-corrected chi connectivity index (χ4v) is 2.42. The van der Waals surface area contributed by atoms with E-state index in [0.29, 0.717) is 25.5 Å². The van der Waals surface area contributed by atoms with Gasteiger partial charge in [0.15, 0.2) is 0 Å². The molecule has 1 amide bonds. The van der Waals surface area contributed by atoms with Gasteiger partial charge in [0.05, 0.1) is 19.3 Å². The monoisotopic (exact) mass is 283 g/mol. The lowest BCUT2D eigenvalue weighted by molar-refractivity contribution is 0.00125. The van der Waals surface area contributed by atoms with E-state index >= 15 is 0 Å². The SMILES string of the molecule is O=C(Oc1ccccc1)N1CCOCC1c1ccccc1. The van der Waals surface area contributed by atoms with Crippen molar-refractivity contribution in [2.24, 2.45) is 0 Å². The molecular formula is C17H17NO3. The van der Waals surface area contributed by atoms with Gasteiger partial charge in [-0.3, -0.25) is 4.90 Å². The minimum absolute atomic E-state index is 0.101. The lowest BCUT2D eigenvalue weighted by atomic mass is 10.1. The van der Waals surface area contributed by atoms with Crippen molar-refractivity contribution in [1.82, 2.24) is 4.90 Å². The number of nitrogens with zero attached hydrogens (tertiary/aromatic N) is 1. The predicted molar refractivity (Wildman–Crippen MR) is 79.2 cm³/mol. The van der Waals surface area contributed by atoms with Crippen LogP contribution in [-0.4, -0.2) is 30.8 Å². The third-order valence-electron chi connectivity index (χ3n) is 3.50. The van der Waals surface area contributed by atoms with E-state index < -0.39 is 0 Å². The van der Waals surface area contributed by atoms with Crippen LogP contribution in [0.1, 0.15) is 11.6 Å². The maximum Gasteiger partial charge on any atom is 0.415 e. The van der Waals surface area contributed by atoms with Gasteiger partial charge in [0.1, 0.15) is 5.75 Å². The molecule has 0 bridgehead atoms. The van der Waals surface area contributed by atoms with Gasteiger partial charge in [-0.2, -0.15) is 0 Å². The van der Waals surface area contributed by atoms with Gasteiger partial charge in [-0.25, -0.2) is 4.79 Å². The van der Waals surface area contributed by atoms with Crippen LogP contribution in [0.5, 0.6) is 5.75 Å². The number of benzene rings is 2. The quantitative estimate of drug-likeness (QED) is 0.849. The minimum atomic E-state index is -0.335. The summed E-state index contributed by atoms with van der Waals surface area (Å²) in [6.45, 7) is 1.56. The van der Waals surface area contributed by atoms with Gasteiger partial charge in [-0.15, -0.1) is 0 Å². The Hall–Kier alpha value is -2.33. The third-order valence-corrected chi connectivity index (χ3v) is 3.50. The lowest BCUT2D eigenvalue weighted by Gasteiger charge is -2.34. The summed E-state index contributed by atoms with van der Waals surface area (Å²) in [5.41, 5.74) is 1.06. The summed E-state index contributed by atoms with van der Waals surface area (Å²) >= 11 is 0. The second kappa shape index (κ2) is 6.41. The van der Waals surface area contributed by atoms with E-state index in [1.54, 1.807) is 17.0 Å². The fraction of sp³-hybridized carbons (Fsp3) is 0.235. The van der Waals surface area contributed by atoms with Crippen molar-refractivity contribution in [1.29, 1.82) is 0 Å². The highest BCUT2D eigenvalue weighted by Gasteiger charge is 2.29. The zero-order chi connectivity index (χ0) is 14.5. The van der Waals surface area contributed by atoms with Gasteiger partial charge in [-0.05, 0) is 17.7 Å². The number of amides is 1. The van der Waals surface area contributed by atoms with Crippen LogP contribution in [0.3, 0.4) is 0 Å². The van der Waals surface area contributed by atoms with Crippen LogP contribution in [0.2, 0.25) is 0 Å². The number of para-hydroxylation sites is 1. The van der Waals surface area contributed by atoms with Gasteiger partial charge < -0.3 is 9.47 Å². The molecule has 1 aliphatic rings. The summed E-state index contributed by atoms with van der Waals surface area (Å²) in [6, 6.07) is 18.9. The van der Waals surface area contributed by atoms with Gasteiger partial charge in [-0.1, -0.05) is 48.5 Å². The van der Waals surface area contributed by atoms with Crippen molar-refractivity contribution in [2.45, 2.75) is 6.04 Å². The number of rotatable bonds is 2. The van der Waals surface area contributed by atoms with E-state index in [1.165, 1.54) is 0 Å². The van der Waals surface area contributed by atoms with Crippen molar-refractivity contribution < 1.29 is 14.3 Å². The largest absolute Gasteiger partial charge is 0.415 e. The molecule has 1 heterocycles. The Morgan fingerprint density at radius 3 is 2.43 bits per heavy atom. The highest BCUT2D eigenvalue weighted by Crippen LogP contribution is 2.25. The molecule has 1 unspecified atom stereocenters. The van der Waals surface area contributed by atoms with Crippen LogP contribution in [0.25, 0.3) is 0 Å². The molecule has 0 spiro atoms. The smallest absolute Gasteiger partial charge is 0.410 e. The van der Waals surface area contributed by atoms with Crippen LogP contribution in [0.4, 0.5) is 4.79 Å². The predicted octanol–water partition coefficient (Wildman–Crippen LogP) is 3.26. The number of carbonyl (C=O) groups excluding carboxylic acids is 1. The Labute approximate surface area is 123 Å². The molecule has 4 nitrogen and oxygen atoms in total. The number of hydrogen-bond acceptors (Lipinski definition) is 3. The molecule has 0 aliphatic carbocycles. The van der Waals surface area contributed by atoms with Crippen molar-refractivity contribution in [3.05, 3.63) is 66.2 Å². The van der Waals surface area contributed by atoms with Crippen LogP contribution in [0.15, 0.2) is 60.7 Å². The van der Waals surface area contributed by atoms with E-state index in [-0.39, 0.29) is 12.1 Å². The Morgan fingerprint density at radius 1 is 1.05 bits per heavy atom. The molecular weight excluding hydrogens is 266 g/mol. The molecule has 2 aromatic carbocycles. The summed E-state index contributed by atoms with van der Waals surface area (Å²) in [7, 11) is 0. The van der Waals surface area contributed by atoms with E-state index in [1.807, 2.05) is 48.5 Å². The first-order chi connectivity index (χ1) is 10.3. The topological polar surface area (TPSA) is 38.8 Å². The van der Waals surface area contributed by atoms with E-state index in [2.05, 4.69) is 0 Å². The van der Waals surface area contributed by atoms with E-state index in [4.69, 9.17) is 9.47 Å². The fourth-order valence-electron chi connectivity index (χ4n) is 2.42. The van der Waals surface area contributed by atoms with Gasteiger partial charge >= 0.3 is 6.09 Å². The van der Waals surface area contributed by atoms with Crippen LogP contribution < -0.4 is 4.74 Å². The van der Waals surface area contributed by atoms with E-state index in [0.717, 1.165) is 5.56 Å². The highest BCUT2D eigenvalue weighted by atomic mass is 16.6. The molecule has 1 fully saturated rings. The molecule has 1 atom stereocenters. The normalized spacial score (nSPS) is 18.3. The van der Waals surface area contributed by atoms with Gasteiger partial charge in [0.2, 0.25) is 0 Å². The summed E-state index contributed by atoms with van der Waals surface area (Å²) in [4.78, 5) is 14.1. The van der Waals surface area contributed by atoms with Crippen molar-refractivity contribution in [3.63, 3.8) is 0 Å². The van der Waals surface area contributed by atoms with Crippen molar-refractivity contribution in [2.75, 3.05) is 19.8 Å². The highest BCUT2D eigenvalue weighted by molar-refractivity contribution is 5.71. The first-order valence-electron chi connectivity index (χ1n) is 7.01. The Balaban J connectivity index is 1.76. The Morgan fingerprint density at radius 2 is 1.71 bits per heavy atom. The molecule has 0 radical (unpaired) electrons. The molecule has 3 rings (SSSR count). The van der Waals surface area contributed by atoms with Crippen LogP contribution in [0, 0.1) is 0 Å². The summed E-state index contributed by atoms with van der Waals surface area (Å²) in [5, 5.41) is 0. The zero-order valence-corrected chi connectivity index (χ0v) is 11.6. The average molecular weight is 283 g/mol. The van der Waals surface area contributed by atoms with Crippen LogP contribution >= 0.6 is 0 Å².